The largest absolute Gasteiger partial charge is 0.257 e. The van der Waals surface area contributed by atoms with E-state index in [1.54, 1.807) is 10.8 Å². The molecule has 0 aliphatic heterocycles. The van der Waals surface area contributed by atoms with E-state index in [0.717, 1.165) is 23.3 Å². The number of nitrogens with zero attached hydrogens (tertiary/aromatic N) is 5. The first-order chi connectivity index (χ1) is 10.2. The maximum atomic E-state index is 5.41. The van der Waals surface area contributed by atoms with E-state index < -0.39 is 0 Å². The third-order valence-corrected chi connectivity index (χ3v) is 5.86. The summed E-state index contributed by atoms with van der Waals surface area (Å²) >= 11 is 7.23. The van der Waals surface area contributed by atoms with E-state index in [2.05, 4.69) is 27.2 Å². The van der Waals surface area contributed by atoms with Crippen LogP contribution in [0.1, 0.15) is 23.8 Å². The van der Waals surface area contributed by atoms with E-state index in [4.69, 9.17) is 12.2 Å². The molecule has 6 nitrogen and oxygen atoms in total. The van der Waals surface area contributed by atoms with E-state index in [1.165, 1.54) is 22.2 Å². The van der Waals surface area contributed by atoms with Crippen molar-refractivity contribution in [3.8, 4) is 0 Å². The highest BCUT2D eigenvalue weighted by Crippen LogP contribution is 2.39. The Hall–Kier alpha value is -1.80. The summed E-state index contributed by atoms with van der Waals surface area (Å²) in [6, 6.07) is 0. The van der Waals surface area contributed by atoms with Crippen LogP contribution >= 0.6 is 23.6 Å². The van der Waals surface area contributed by atoms with Gasteiger partial charge in [-0.25, -0.2) is 14.5 Å². The number of H-pyrrole nitrogens is 1. The summed E-state index contributed by atoms with van der Waals surface area (Å²) in [4.78, 5) is 7.07. The molecule has 4 aromatic heterocycles. The molecule has 0 aromatic carbocycles. The lowest BCUT2D eigenvalue weighted by molar-refractivity contribution is 0.508. The Balaban J connectivity index is 2.10. The van der Waals surface area contributed by atoms with Gasteiger partial charge in [-0.05, 0) is 43.0 Å². The molecule has 0 amide bonds. The highest BCUT2D eigenvalue weighted by atomic mass is 32.1. The van der Waals surface area contributed by atoms with Crippen molar-refractivity contribution >= 4 is 45.2 Å². The number of aromatic nitrogens is 6. The molecule has 5 rings (SSSR count). The van der Waals surface area contributed by atoms with Crippen LogP contribution in [-0.2, 0) is 12.8 Å². The maximum Gasteiger partial charge on any atom is 0.257 e. The highest BCUT2D eigenvalue weighted by molar-refractivity contribution is 7.71. The van der Waals surface area contributed by atoms with Crippen molar-refractivity contribution in [2.45, 2.75) is 26.2 Å². The van der Waals surface area contributed by atoms with Crippen LogP contribution in [0, 0.1) is 10.7 Å². The van der Waals surface area contributed by atoms with Gasteiger partial charge in [0.15, 0.2) is 5.65 Å². The Morgan fingerprint density at radius 3 is 3.29 bits per heavy atom. The zero-order valence-corrected chi connectivity index (χ0v) is 13.0. The minimum atomic E-state index is 0.610. The zero-order chi connectivity index (χ0) is 14.1. The maximum absolute atomic E-state index is 5.41. The van der Waals surface area contributed by atoms with Gasteiger partial charge in [0, 0.05) is 4.88 Å². The van der Waals surface area contributed by atoms with Gasteiger partial charge in [0.1, 0.15) is 11.2 Å². The molecule has 1 aliphatic carbocycles. The van der Waals surface area contributed by atoms with Gasteiger partial charge in [0.2, 0.25) is 4.77 Å². The number of hydrogen-bond donors (Lipinski definition) is 1. The molecule has 4 heterocycles. The third-order valence-electron chi connectivity index (χ3n) is 4.31. The molecule has 0 fully saturated rings. The van der Waals surface area contributed by atoms with E-state index in [-0.39, 0.29) is 0 Å². The Labute approximate surface area is 128 Å². The number of hydrogen-bond acceptors (Lipinski definition) is 5. The van der Waals surface area contributed by atoms with Gasteiger partial charge in [-0.3, -0.25) is 0 Å². The molecule has 0 spiro atoms. The second-order valence-corrected chi connectivity index (χ2v) is 7.16. The second-order valence-electron chi connectivity index (χ2n) is 5.69. The Morgan fingerprint density at radius 1 is 1.48 bits per heavy atom. The first-order valence-corrected chi connectivity index (χ1v) is 8.19. The van der Waals surface area contributed by atoms with Gasteiger partial charge in [0.05, 0.1) is 5.39 Å². The third kappa shape index (κ3) is 1.41. The molecule has 4 aromatic rings. The van der Waals surface area contributed by atoms with Crippen LogP contribution in [0.5, 0.6) is 0 Å². The van der Waals surface area contributed by atoms with E-state index in [1.807, 2.05) is 15.7 Å². The first-order valence-electron chi connectivity index (χ1n) is 6.97. The van der Waals surface area contributed by atoms with Gasteiger partial charge in [-0.2, -0.15) is 9.61 Å². The van der Waals surface area contributed by atoms with Crippen molar-refractivity contribution in [1.82, 2.24) is 29.2 Å². The molecule has 21 heavy (non-hydrogen) atoms. The lowest BCUT2D eigenvalue weighted by Gasteiger charge is -2.17. The second kappa shape index (κ2) is 3.89. The molecular formula is C13H12N6S2. The van der Waals surface area contributed by atoms with Crippen LogP contribution in [0.25, 0.3) is 21.6 Å². The zero-order valence-electron chi connectivity index (χ0n) is 11.3. The fraction of sp³-hybridized carbons (Fsp3) is 0.385. The Bertz CT molecular complexity index is 1070. The summed E-state index contributed by atoms with van der Waals surface area (Å²) in [7, 11) is 0. The number of thiophene rings is 1. The number of aryl methyl sites for hydroxylation is 1. The number of nitrogens with one attached hydrogen (secondary N) is 1. The van der Waals surface area contributed by atoms with Crippen LogP contribution in [0.4, 0.5) is 0 Å². The minimum absolute atomic E-state index is 0.610. The molecule has 1 atom stereocenters. The fourth-order valence-corrected chi connectivity index (χ4v) is 4.92. The molecule has 1 N–H and O–H groups in total. The van der Waals surface area contributed by atoms with Crippen molar-refractivity contribution in [3.63, 3.8) is 0 Å². The smallest absolute Gasteiger partial charge is 0.249 e. The van der Waals surface area contributed by atoms with Gasteiger partial charge in [0.25, 0.3) is 5.78 Å². The predicted octanol–water partition coefficient (Wildman–Crippen LogP) is 2.77. The number of rotatable bonds is 0. The summed E-state index contributed by atoms with van der Waals surface area (Å²) < 4.78 is 4.38. The van der Waals surface area contributed by atoms with Gasteiger partial charge in [-0.1, -0.05) is 6.92 Å². The Kier molecular flexibility index (Phi) is 2.19. The summed E-state index contributed by atoms with van der Waals surface area (Å²) in [5.74, 6) is 1.41. The summed E-state index contributed by atoms with van der Waals surface area (Å²) in [5.41, 5.74) is 2.31. The van der Waals surface area contributed by atoms with Gasteiger partial charge in [-0.15, -0.1) is 16.4 Å². The monoisotopic (exact) mass is 316 g/mol. The average molecular weight is 316 g/mol. The van der Waals surface area contributed by atoms with Crippen LogP contribution in [0.2, 0.25) is 0 Å². The highest BCUT2D eigenvalue weighted by Gasteiger charge is 2.25. The van der Waals surface area contributed by atoms with Crippen molar-refractivity contribution in [1.29, 1.82) is 0 Å². The van der Waals surface area contributed by atoms with E-state index in [0.29, 0.717) is 16.5 Å². The number of fused-ring (bicyclic) bond motifs is 8. The lowest BCUT2D eigenvalue weighted by atomic mass is 9.89. The molecule has 0 bridgehead atoms. The van der Waals surface area contributed by atoms with Crippen molar-refractivity contribution in [2.24, 2.45) is 5.92 Å². The fourth-order valence-electron chi connectivity index (χ4n) is 3.30. The van der Waals surface area contributed by atoms with E-state index >= 15 is 0 Å². The molecule has 106 valence electrons. The van der Waals surface area contributed by atoms with Crippen LogP contribution in [0.3, 0.4) is 0 Å². The number of aromatic amines is 1. The average Bonchev–Trinajstić information content (AvgIpc) is 3.13. The quantitative estimate of drug-likeness (QED) is 0.507. The van der Waals surface area contributed by atoms with Gasteiger partial charge >= 0.3 is 0 Å². The predicted molar refractivity (Wildman–Crippen MR) is 83.5 cm³/mol. The Morgan fingerprint density at radius 2 is 2.38 bits per heavy atom. The lowest BCUT2D eigenvalue weighted by Crippen LogP contribution is -2.09. The van der Waals surface area contributed by atoms with Crippen LogP contribution in [-0.4, -0.2) is 29.2 Å². The minimum Gasteiger partial charge on any atom is -0.249 e. The molecule has 0 saturated heterocycles. The van der Waals surface area contributed by atoms with E-state index in [9.17, 15) is 0 Å². The molecule has 0 saturated carbocycles. The standard InChI is InChI=1S/C13H12N6S2/c1-6-2-3-8-7(4-6)9-10-14-5-15-19(10)12-16-17-13(20)18(12)11(9)21-8/h5-6H,2-4H2,1H3,(H,17,20). The first kappa shape index (κ1) is 11.8. The summed E-state index contributed by atoms with van der Waals surface area (Å²) in [6.45, 7) is 2.31. The molecule has 0 radical (unpaired) electrons. The molecular weight excluding hydrogens is 304 g/mol. The van der Waals surface area contributed by atoms with Crippen molar-refractivity contribution < 1.29 is 0 Å². The molecule has 1 unspecified atom stereocenters. The van der Waals surface area contributed by atoms with Crippen molar-refractivity contribution in [3.05, 3.63) is 21.5 Å². The van der Waals surface area contributed by atoms with Crippen LogP contribution < -0.4 is 0 Å². The van der Waals surface area contributed by atoms with Crippen LogP contribution in [0.15, 0.2) is 6.33 Å². The molecule has 1 aliphatic rings. The normalized spacial score (nSPS) is 18.8. The topological polar surface area (TPSA) is 63.3 Å². The summed E-state index contributed by atoms with van der Waals surface area (Å²) in [6.07, 6.45) is 5.09. The molecule has 8 heteroatoms. The summed E-state index contributed by atoms with van der Waals surface area (Å²) in [5, 5.41) is 12.7. The van der Waals surface area contributed by atoms with Gasteiger partial charge < -0.3 is 0 Å². The SMILES string of the molecule is CC1CCc2sc3c(c2C1)c1ncnn1c1n[nH]c(=S)n31. The van der Waals surface area contributed by atoms with Crippen molar-refractivity contribution in [2.75, 3.05) is 0 Å².